The second-order valence-corrected chi connectivity index (χ2v) is 3.86. The summed E-state index contributed by atoms with van der Waals surface area (Å²) in [5, 5.41) is 8.11. The van der Waals surface area contributed by atoms with Gasteiger partial charge in [-0.05, 0) is 5.92 Å². The summed E-state index contributed by atoms with van der Waals surface area (Å²) in [6.45, 7) is 4.43. The monoisotopic (exact) mass is 228 g/mol. The highest BCUT2D eigenvalue weighted by Gasteiger charge is 2.13. The fourth-order valence-corrected chi connectivity index (χ4v) is 1.60. The molecule has 0 radical (unpaired) electrons. The van der Waals surface area contributed by atoms with Gasteiger partial charge in [-0.2, -0.15) is 0 Å². The van der Waals surface area contributed by atoms with E-state index < -0.39 is 0 Å². The summed E-state index contributed by atoms with van der Waals surface area (Å²) < 4.78 is 12.1. The Bertz CT molecular complexity index is 314. The average molecular weight is 228 g/mol. The highest BCUT2D eigenvalue weighted by atomic mass is 16.5. The first-order valence-electron chi connectivity index (χ1n) is 5.32. The predicted octanol–water partition coefficient (Wildman–Crippen LogP) is 0.166. The molecule has 0 bridgehead atoms. The molecule has 6 heteroatoms. The summed E-state index contributed by atoms with van der Waals surface area (Å²) >= 11 is 0. The molecule has 0 aromatic carbocycles. The quantitative estimate of drug-likeness (QED) is 0.719. The largest absolute Gasteiger partial charge is 0.384 e. The second kappa shape index (κ2) is 6.57. The van der Waals surface area contributed by atoms with Gasteiger partial charge in [-0.1, -0.05) is 12.1 Å². The molecular formula is C10H20N4O2. The first-order chi connectivity index (χ1) is 7.72. The van der Waals surface area contributed by atoms with E-state index in [1.807, 2.05) is 4.68 Å². The lowest BCUT2D eigenvalue weighted by Crippen LogP contribution is -2.16. The van der Waals surface area contributed by atoms with Crippen LogP contribution in [0.4, 0.5) is 0 Å². The Balaban J connectivity index is 2.74. The van der Waals surface area contributed by atoms with Crippen LogP contribution in [0.1, 0.15) is 18.3 Å². The maximum atomic E-state index is 5.59. The van der Waals surface area contributed by atoms with Crippen molar-refractivity contribution in [2.45, 2.75) is 26.6 Å². The minimum atomic E-state index is 0.382. The molecule has 1 aromatic heterocycles. The predicted molar refractivity (Wildman–Crippen MR) is 59.7 cm³/mol. The average Bonchev–Trinajstić information content (AvgIpc) is 2.62. The minimum Gasteiger partial charge on any atom is -0.384 e. The molecule has 16 heavy (non-hydrogen) atoms. The van der Waals surface area contributed by atoms with E-state index >= 15 is 0 Å². The van der Waals surface area contributed by atoms with Crippen LogP contribution in [0, 0.1) is 5.92 Å². The molecule has 1 atom stereocenters. The van der Waals surface area contributed by atoms with Crippen molar-refractivity contribution in [3.05, 3.63) is 11.4 Å². The Morgan fingerprint density at radius 3 is 2.69 bits per heavy atom. The van der Waals surface area contributed by atoms with Crippen LogP contribution in [-0.2, 0) is 29.2 Å². The molecule has 1 heterocycles. The third-order valence-corrected chi connectivity index (χ3v) is 2.33. The molecular weight excluding hydrogens is 208 g/mol. The van der Waals surface area contributed by atoms with Gasteiger partial charge in [0.25, 0.3) is 0 Å². The van der Waals surface area contributed by atoms with Crippen molar-refractivity contribution in [2.24, 2.45) is 11.7 Å². The van der Waals surface area contributed by atoms with Gasteiger partial charge in [0.15, 0.2) is 0 Å². The van der Waals surface area contributed by atoms with E-state index in [0.29, 0.717) is 25.7 Å². The van der Waals surface area contributed by atoms with E-state index in [1.165, 1.54) is 0 Å². The summed E-state index contributed by atoms with van der Waals surface area (Å²) in [7, 11) is 3.34. The van der Waals surface area contributed by atoms with Gasteiger partial charge in [-0.15, -0.1) is 5.10 Å². The van der Waals surface area contributed by atoms with Gasteiger partial charge in [-0.25, -0.2) is 4.68 Å². The first kappa shape index (κ1) is 13.1. The number of ether oxygens (including phenoxy) is 2. The van der Waals surface area contributed by atoms with Gasteiger partial charge < -0.3 is 15.2 Å². The molecule has 0 aliphatic heterocycles. The van der Waals surface area contributed by atoms with E-state index in [-0.39, 0.29) is 0 Å². The molecule has 0 saturated heterocycles. The highest BCUT2D eigenvalue weighted by molar-refractivity contribution is 5.08. The van der Waals surface area contributed by atoms with Gasteiger partial charge >= 0.3 is 0 Å². The maximum absolute atomic E-state index is 5.59. The molecule has 1 unspecified atom stereocenters. The summed E-state index contributed by atoms with van der Waals surface area (Å²) in [6, 6.07) is 0. The van der Waals surface area contributed by atoms with Gasteiger partial charge in [0.1, 0.15) is 5.69 Å². The molecule has 0 aliphatic carbocycles. The number of nitrogens with two attached hydrogens (primary N) is 1. The van der Waals surface area contributed by atoms with E-state index in [1.54, 1.807) is 14.2 Å². The smallest absolute Gasteiger partial charge is 0.102 e. The lowest BCUT2D eigenvalue weighted by atomic mass is 10.2. The van der Waals surface area contributed by atoms with Crippen LogP contribution >= 0.6 is 0 Å². The SMILES string of the molecule is COCc1c(CN)nnn1CC(C)COC. The van der Waals surface area contributed by atoms with Crippen LogP contribution < -0.4 is 5.73 Å². The Morgan fingerprint density at radius 2 is 2.12 bits per heavy atom. The van der Waals surface area contributed by atoms with E-state index in [4.69, 9.17) is 15.2 Å². The molecule has 0 aliphatic rings. The number of aromatic nitrogens is 3. The molecule has 1 aromatic rings. The molecule has 0 amide bonds. The number of methoxy groups -OCH3 is 2. The van der Waals surface area contributed by atoms with Crippen molar-refractivity contribution in [3.63, 3.8) is 0 Å². The van der Waals surface area contributed by atoms with Crippen molar-refractivity contribution < 1.29 is 9.47 Å². The molecule has 0 spiro atoms. The lowest BCUT2D eigenvalue weighted by molar-refractivity contribution is 0.143. The minimum absolute atomic E-state index is 0.382. The summed E-state index contributed by atoms with van der Waals surface area (Å²) in [4.78, 5) is 0. The topological polar surface area (TPSA) is 75.2 Å². The Hall–Kier alpha value is -0.980. The number of hydrogen-bond donors (Lipinski definition) is 1. The Labute approximate surface area is 95.7 Å². The molecule has 1 rings (SSSR count). The molecule has 0 fully saturated rings. The van der Waals surface area contributed by atoms with Crippen LogP contribution in [0.25, 0.3) is 0 Å². The first-order valence-corrected chi connectivity index (χ1v) is 5.32. The summed E-state index contributed by atoms with van der Waals surface area (Å²) in [5.41, 5.74) is 7.34. The fourth-order valence-electron chi connectivity index (χ4n) is 1.60. The van der Waals surface area contributed by atoms with Crippen LogP contribution in [-0.4, -0.2) is 35.8 Å². The summed E-state index contributed by atoms with van der Waals surface area (Å²) in [6.07, 6.45) is 0. The third-order valence-electron chi connectivity index (χ3n) is 2.33. The van der Waals surface area contributed by atoms with Gasteiger partial charge in [0, 0.05) is 27.3 Å². The zero-order valence-electron chi connectivity index (χ0n) is 10.1. The van der Waals surface area contributed by atoms with Crippen LogP contribution in [0.2, 0.25) is 0 Å². The zero-order valence-corrected chi connectivity index (χ0v) is 10.1. The van der Waals surface area contributed by atoms with E-state index in [2.05, 4.69) is 17.2 Å². The number of nitrogens with zero attached hydrogens (tertiary/aromatic N) is 3. The van der Waals surface area contributed by atoms with E-state index in [0.717, 1.165) is 17.9 Å². The normalized spacial score (nSPS) is 13.0. The Morgan fingerprint density at radius 1 is 1.38 bits per heavy atom. The fraction of sp³-hybridized carbons (Fsp3) is 0.800. The maximum Gasteiger partial charge on any atom is 0.102 e. The van der Waals surface area contributed by atoms with Crippen molar-refractivity contribution in [2.75, 3.05) is 20.8 Å². The highest BCUT2D eigenvalue weighted by Crippen LogP contribution is 2.09. The van der Waals surface area contributed by atoms with Gasteiger partial charge in [0.2, 0.25) is 0 Å². The van der Waals surface area contributed by atoms with E-state index in [9.17, 15) is 0 Å². The number of hydrogen-bond acceptors (Lipinski definition) is 5. The molecule has 2 N–H and O–H groups in total. The zero-order chi connectivity index (χ0) is 12.0. The van der Waals surface area contributed by atoms with Crippen molar-refractivity contribution in [1.29, 1.82) is 0 Å². The summed E-state index contributed by atoms with van der Waals surface area (Å²) in [5.74, 6) is 0.382. The van der Waals surface area contributed by atoms with Gasteiger partial charge in [0.05, 0.1) is 18.9 Å². The van der Waals surface area contributed by atoms with Crippen LogP contribution in [0.3, 0.4) is 0 Å². The standard InChI is InChI=1S/C10H20N4O2/c1-8(6-15-2)5-14-10(7-16-3)9(4-11)12-13-14/h8H,4-7,11H2,1-3H3. The molecule has 6 nitrogen and oxygen atoms in total. The molecule has 92 valence electrons. The molecule has 0 saturated carbocycles. The van der Waals surface area contributed by atoms with Gasteiger partial charge in [-0.3, -0.25) is 0 Å². The van der Waals surface area contributed by atoms with Crippen molar-refractivity contribution in [3.8, 4) is 0 Å². The second-order valence-electron chi connectivity index (χ2n) is 3.86. The third kappa shape index (κ3) is 3.26. The van der Waals surface area contributed by atoms with Crippen LogP contribution in [0.5, 0.6) is 0 Å². The lowest BCUT2D eigenvalue weighted by Gasteiger charge is -2.12. The Kier molecular flexibility index (Phi) is 5.37. The number of rotatable bonds is 7. The van der Waals surface area contributed by atoms with Crippen molar-refractivity contribution in [1.82, 2.24) is 15.0 Å². The van der Waals surface area contributed by atoms with Crippen LogP contribution in [0.15, 0.2) is 0 Å². The van der Waals surface area contributed by atoms with Crippen molar-refractivity contribution >= 4 is 0 Å².